The monoisotopic (exact) mass is 341 g/mol. The predicted octanol–water partition coefficient (Wildman–Crippen LogP) is 6.44. The van der Waals surface area contributed by atoms with Gasteiger partial charge in [-0.3, -0.25) is 0 Å². The zero-order valence-corrected chi connectivity index (χ0v) is 18.2. The van der Waals surface area contributed by atoms with Crippen molar-refractivity contribution in [2.45, 2.75) is 79.0 Å². The Labute approximate surface area is 152 Å². The van der Waals surface area contributed by atoms with Gasteiger partial charge in [-0.25, -0.2) is 0 Å². The molecule has 0 saturated heterocycles. The molecule has 0 saturated carbocycles. The first-order valence-electron chi connectivity index (χ1n) is 8.82. The molecule has 0 bridgehead atoms. The lowest BCUT2D eigenvalue weighted by molar-refractivity contribution is 1.06. The smallest absolute Gasteiger partial charge is 0.0444 e. The van der Waals surface area contributed by atoms with Crippen LogP contribution < -0.4 is 0 Å². The Kier molecular flexibility index (Phi) is 5.25. The Morgan fingerprint density at radius 3 is 0.708 bits per heavy atom. The van der Waals surface area contributed by atoms with Crippen LogP contribution in [0.25, 0.3) is 0 Å². The van der Waals surface area contributed by atoms with Crippen molar-refractivity contribution in [3.05, 3.63) is 55.6 Å². The van der Waals surface area contributed by atoms with Gasteiger partial charge in [-0.1, -0.05) is 0 Å². The maximum absolute atomic E-state index is 2.42. The average molecular weight is 342 g/mol. The lowest BCUT2D eigenvalue weighted by atomic mass is 9.95. The van der Waals surface area contributed by atoms with Gasteiger partial charge in [0.25, 0.3) is 0 Å². The fraction of sp³-hybridized carbons (Fsp3) is 0.478. The first-order chi connectivity index (χ1) is 11.0. The van der Waals surface area contributed by atoms with Crippen molar-refractivity contribution in [3.8, 4) is 0 Å². The third kappa shape index (κ3) is 2.71. The second-order valence-corrected chi connectivity index (χ2v) is 9.26. The first kappa shape index (κ1) is 19.1. The molecule has 2 aromatic rings. The van der Waals surface area contributed by atoms with Crippen LogP contribution in [0.15, 0.2) is 9.79 Å². The highest BCUT2D eigenvalue weighted by Gasteiger charge is 2.31. The summed E-state index contributed by atoms with van der Waals surface area (Å²) in [6.45, 7) is 22.9. The van der Waals surface area contributed by atoms with E-state index in [9.17, 15) is 0 Å². The molecule has 0 atom stereocenters. The minimum Gasteiger partial charge on any atom is -0.0444 e. The Bertz CT molecular complexity index is 697. The van der Waals surface area contributed by atoms with Crippen LogP contribution in [-0.4, -0.2) is 6.26 Å². The third-order valence-electron chi connectivity index (χ3n) is 6.47. The number of rotatable bonds is 2. The molecule has 0 aliphatic heterocycles. The molecule has 0 nitrogen and oxygen atoms in total. The molecule has 130 valence electrons. The number of hydrogen-bond acceptors (Lipinski definition) is 0. The maximum Gasteiger partial charge on any atom is 0.166 e. The lowest BCUT2D eigenvalue weighted by Crippen LogP contribution is -2.14. The van der Waals surface area contributed by atoms with E-state index in [1.807, 2.05) is 0 Å². The number of hydrogen-bond donors (Lipinski definition) is 0. The van der Waals surface area contributed by atoms with Gasteiger partial charge in [0.2, 0.25) is 0 Å². The first-order valence-corrected chi connectivity index (χ1v) is 10.4. The van der Waals surface area contributed by atoms with Gasteiger partial charge in [-0.05, 0) is 103 Å². The Morgan fingerprint density at radius 1 is 0.333 bits per heavy atom. The molecule has 0 amide bonds. The summed E-state index contributed by atoms with van der Waals surface area (Å²) in [7, 11) is 0.0993. The molecule has 0 spiro atoms. The molecular weight excluding hydrogens is 308 g/mol. The SMILES string of the molecule is Cc1c(C)c(C)c([S+](C)c2c(C)c(C)c(C)c(C)c2C)c(C)c1C. The third-order valence-corrected chi connectivity index (χ3v) is 8.92. The summed E-state index contributed by atoms with van der Waals surface area (Å²) in [5, 5.41) is 0. The van der Waals surface area contributed by atoms with E-state index in [0.717, 1.165) is 0 Å². The van der Waals surface area contributed by atoms with E-state index in [0.29, 0.717) is 0 Å². The standard InChI is InChI=1S/C23H33S/c1-12-14(3)18(7)22(19(8)15(12)4)24(11)23-20(9)16(5)13(2)17(6)21(23)10/h1-11H3/q+1. The van der Waals surface area contributed by atoms with Gasteiger partial charge in [0.05, 0.1) is 10.9 Å². The van der Waals surface area contributed by atoms with Crippen molar-refractivity contribution >= 4 is 10.9 Å². The molecule has 2 aromatic carbocycles. The molecule has 0 aliphatic carbocycles. The molecular formula is C23H33S+. The molecule has 0 aliphatic rings. The summed E-state index contributed by atoms with van der Waals surface area (Å²) in [6, 6.07) is 0. The van der Waals surface area contributed by atoms with Crippen molar-refractivity contribution in [3.63, 3.8) is 0 Å². The van der Waals surface area contributed by atoms with Crippen LogP contribution in [0.4, 0.5) is 0 Å². The van der Waals surface area contributed by atoms with E-state index >= 15 is 0 Å². The largest absolute Gasteiger partial charge is 0.166 e. The summed E-state index contributed by atoms with van der Waals surface area (Å²) < 4.78 is 0. The van der Waals surface area contributed by atoms with Crippen LogP contribution >= 0.6 is 0 Å². The molecule has 24 heavy (non-hydrogen) atoms. The summed E-state index contributed by atoms with van der Waals surface area (Å²) in [5.41, 5.74) is 14.7. The summed E-state index contributed by atoms with van der Waals surface area (Å²) in [6.07, 6.45) is 2.42. The van der Waals surface area contributed by atoms with Gasteiger partial charge in [0.1, 0.15) is 6.26 Å². The number of benzene rings is 2. The molecule has 1 heteroatoms. The maximum atomic E-state index is 2.42. The minimum atomic E-state index is 0.0993. The Balaban J connectivity index is 2.84. The van der Waals surface area contributed by atoms with Crippen molar-refractivity contribution in [2.75, 3.05) is 6.26 Å². The summed E-state index contributed by atoms with van der Waals surface area (Å²) >= 11 is 0. The van der Waals surface area contributed by atoms with Gasteiger partial charge < -0.3 is 0 Å². The molecule has 0 radical (unpaired) electrons. The molecule has 0 fully saturated rings. The molecule has 0 unspecified atom stereocenters. The quantitative estimate of drug-likeness (QED) is 0.552. The summed E-state index contributed by atoms with van der Waals surface area (Å²) in [5.74, 6) is 0. The zero-order chi connectivity index (χ0) is 18.5. The van der Waals surface area contributed by atoms with E-state index in [-0.39, 0.29) is 10.9 Å². The molecule has 0 N–H and O–H groups in total. The van der Waals surface area contributed by atoms with Gasteiger partial charge in [0, 0.05) is 22.3 Å². The highest BCUT2D eigenvalue weighted by Crippen LogP contribution is 2.38. The van der Waals surface area contributed by atoms with Gasteiger partial charge in [0.15, 0.2) is 9.79 Å². The fourth-order valence-electron chi connectivity index (χ4n) is 3.95. The van der Waals surface area contributed by atoms with Crippen molar-refractivity contribution in [2.24, 2.45) is 0 Å². The van der Waals surface area contributed by atoms with E-state index in [2.05, 4.69) is 75.5 Å². The van der Waals surface area contributed by atoms with Crippen LogP contribution in [0.3, 0.4) is 0 Å². The van der Waals surface area contributed by atoms with E-state index < -0.39 is 0 Å². The van der Waals surface area contributed by atoms with Crippen molar-refractivity contribution in [1.82, 2.24) is 0 Å². The Hall–Kier alpha value is -1.21. The summed E-state index contributed by atoms with van der Waals surface area (Å²) in [4.78, 5) is 3.12. The minimum absolute atomic E-state index is 0.0993. The molecule has 2 rings (SSSR count). The van der Waals surface area contributed by atoms with E-state index in [1.165, 1.54) is 55.6 Å². The molecule has 0 heterocycles. The lowest BCUT2D eigenvalue weighted by Gasteiger charge is -2.21. The van der Waals surface area contributed by atoms with Crippen molar-refractivity contribution in [1.29, 1.82) is 0 Å². The average Bonchev–Trinajstić information content (AvgIpc) is 2.55. The van der Waals surface area contributed by atoms with Crippen molar-refractivity contribution < 1.29 is 0 Å². The molecule has 0 aromatic heterocycles. The van der Waals surface area contributed by atoms with Gasteiger partial charge in [-0.2, -0.15) is 0 Å². The second kappa shape index (κ2) is 6.59. The van der Waals surface area contributed by atoms with Crippen LogP contribution in [-0.2, 0) is 10.9 Å². The van der Waals surface area contributed by atoms with Gasteiger partial charge in [-0.15, -0.1) is 0 Å². The van der Waals surface area contributed by atoms with Crippen LogP contribution in [0, 0.1) is 69.2 Å². The highest BCUT2D eigenvalue weighted by molar-refractivity contribution is 7.96. The highest BCUT2D eigenvalue weighted by atomic mass is 32.2. The van der Waals surface area contributed by atoms with Gasteiger partial charge >= 0.3 is 0 Å². The predicted molar refractivity (Wildman–Crippen MR) is 110 cm³/mol. The normalized spacial score (nSPS) is 11.5. The van der Waals surface area contributed by atoms with Crippen LogP contribution in [0.2, 0.25) is 0 Å². The fourth-order valence-corrected chi connectivity index (χ4v) is 6.61. The van der Waals surface area contributed by atoms with Crippen LogP contribution in [0.1, 0.15) is 55.6 Å². The zero-order valence-electron chi connectivity index (χ0n) is 17.4. The Morgan fingerprint density at radius 2 is 0.500 bits per heavy atom. The van der Waals surface area contributed by atoms with E-state index in [4.69, 9.17) is 0 Å². The second-order valence-electron chi connectivity index (χ2n) is 7.42. The van der Waals surface area contributed by atoms with E-state index in [1.54, 1.807) is 9.79 Å². The topological polar surface area (TPSA) is 0 Å². The van der Waals surface area contributed by atoms with Crippen LogP contribution in [0.5, 0.6) is 0 Å².